The normalized spacial score (nSPS) is 27.1. The fourth-order valence-corrected chi connectivity index (χ4v) is 2.88. The Balaban J connectivity index is 1.91. The maximum absolute atomic E-state index is 5.41. The molecule has 2 atom stereocenters. The number of fused-ring (bicyclic) bond motifs is 1. The summed E-state index contributed by atoms with van der Waals surface area (Å²) in [6.07, 6.45) is 15.2. The van der Waals surface area contributed by atoms with Gasteiger partial charge in [0.1, 0.15) is 0 Å². The minimum atomic E-state index is 0.563. The molecule has 86 valence electrons. The van der Waals surface area contributed by atoms with Gasteiger partial charge in [-0.3, -0.25) is 4.98 Å². The van der Waals surface area contributed by atoms with Gasteiger partial charge < -0.3 is 5.32 Å². The van der Waals surface area contributed by atoms with E-state index in [0.717, 1.165) is 24.4 Å². The maximum Gasteiger partial charge on any atom is 0.0432 e. The van der Waals surface area contributed by atoms with Crippen molar-refractivity contribution in [3.63, 3.8) is 0 Å². The summed E-state index contributed by atoms with van der Waals surface area (Å²) in [7, 11) is 0. The predicted molar refractivity (Wildman–Crippen MR) is 69.3 cm³/mol. The van der Waals surface area contributed by atoms with Gasteiger partial charge in [0.15, 0.2) is 0 Å². The zero-order valence-electron chi connectivity index (χ0n) is 9.82. The van der Waals surface area contributed by atoms with Crippen LogP contribution >= 0.6 is 0 Å². The first-order valence-electron chi connectivity index (χ1n) is 6.23. The van der Waals surface area contributed by atoms with Gasteiger partial charge in [-0.05, 0) is 48.9 Å². The molecule has 1 aromatic rings. The second kappa shape index (κ2) is 4.35. The van der Waals surface area contributed by atoms with Gasteiger partial charge in [-0.25, -0.2) is 0 Å². The molecule has 2 aliphatic rings. The van der Waals surface area contributed by atoms with Gasteiger partial charge in [0.2, 0.25) is 0 Å². The molecule has 0 saturated carbocycles. The molecule has 1 N–H and O–H groups in total. The van der Waals surface area contributed by atoms with Crippen LogP contribution in [-0.2, 0) is 0 Å². The third kappa shape index (κ3) is 1.99. The Hall–Kier alpha value is -1.59. The molecule has 0 radical (unpaired) electrons. The van der Waals surface area contributed by atoms with Gasteiger partial charge in [-0.15, -0.1) is 6.42 Å². The average molecular weight is 224 g/mol. The highest BCUT2D eigenvalue weighted by atomic mass is 14.9. The largest absolute Gasteiger partial charge is 0.310 e. The van der Waals surface area contributed by atoms with Crippen LogP contribution in [0, 0.1) is 18.3 Å². The van der Waals surface area contributed by atoms with Crippen molar-refractivity contribution in [1.29, 1.82) is 0 Å². The van der Waals surface area contributed by atoms with Crippen LogP contribution in [0.5, 0.6) is 0 Å². The molecule has 2 heterocycles. The monoisotopic (exact) mass is 224 g/mol. The van der Waals surface area contributed by atoms with Crippen molar-refractivity contribution in [2.24, 2.45) is 5.92 Å². The fraction of sp³-hybridized carbons (Fsp3) is 0.400. The first kappa shape index (κ1) is 10.6. The second-order valence-corrected chi connectivity index (χ2v) is 4.87. The van der Waals surface area contributed by atoms with E-state index in [1.807, 2.05) is 6.20 Å². The van der Waals surface area contributed by atoms with E-state index in [9.17, 15) is 0 Å². The summed E-state index contributed by atoms with van der Waals surface area (Å²) in [5.41, 5.74) is 3.45. The SMILES string of the molecule is C#Cc1cncc(C2=C[C@H]3NCC[C@H]3CC2)c1. The smallest absolute Gasteiger partial charge is 0.0432 e. The number of rotatable bonds is 1. The van der Waals surface area contributed by atoms with Gasteiger partial charge in [-0.2, -0.15) is 0 Å². The lowest BCUT2D eigenvalue weighted by molar-refractivity contribution is 0.465. The molecule has 0 aromatic carbocycles. The van der Waals surface area contributed by atoms with Crippen molar-refractivity contribution >= 4 is 5.57 Å². The summed E-state index contributed by atoms with van der Waals surface area (Å²) in [6, 6.07) is 2.63. The van der Waals surface area contributed by atoms with Gasteiger partial charge in [0.25, 0.3) is 0 Å². The lowest BCUT2D eigenvalue weighted by Crippen LogP contribution is -2.27. The van der Waals surface area contributed by atoms with Crippen molar-refractivity contribution in [3.05, 3.63) is 35.7 Å². The average Bonchev–Trinajstić information content (AvgIpc) is 2.86. The van der Waals surface area contributed by atoms with E-state index in [1.54, 1.807) is 6.20 Å². The molecule has 1 aromatic heterocycles. The van der Waals surface area contributed by atoms with Crippen LogP contribution in [0.1, 0.15) is 30.4 Å². The van der Waals surface area contributed by atoms with Crippen LogP contribution in [0.2, 0.25) is 0 Å². The first-order chi connectivity index (χ1) is 8.36. The Morgan fingerprint density at radius 2 is 2.29 bits per heavy atom. The quantitative estimate of drug-likeness (QED) is 0.740. The Kier molecular flexibility index (Phi) is 2.70. The molecule has 0 bridgehead atoms. The summed E-state index contributed by atoms with van der Waals surface area (Å²) < 4.78 is 0. The fourth-order valence-electron chi connectivity index (χ4n) is 2.88. The highest BCUT2D eigenvalue weighted by Crippen LogP contribution is 2.34. The standard InChI is InChI=1S/C15H16N2/c1-2-11-7-14(10-16-9-11)13-4-3-12-5-6-17-15(12)8-13/h1,7-10,12,15,17H,3-6H2/t12-,15-/m1/s1. The lowest BCUT2D eigenvalue weighted by atomic mass is 9.84. The molecule has 17 heavy (non-hydrogen) atoms. The molecule has 0 spiro atoms. The molecule has 1 saturated heterocycles. The highest BCUT2D eigenvalue weighted by Gasteiger charge is 2.28. The number of nitrogens with one attached hydrogen (secondary N) is 1. The second-order valence-electron chi connectivity index (χ2n) is 4.87. The summed E-state index contributed by atoms with van der Waals surface area (Å²) >= 11 is 0. The van der Waals surface area contributed by atoms with Crippen LogP contribution in [-0.4, -0.2) is 17.6 Å². The van der Waals surface area contributed by atoms with Crippen molar-refractivity contribution in [2.75, 3.05) is 6.54 Å². The van der Waals surface area contributed by atoms with Crippen molar-refractivity contribution in [2.45, 2.75) is 25.3 Å². The molecule has 2 heteroatoms. The molecule has 1 aliphatic carbocycles. The lowest BCUT2D eigenvalue weighted by Gasteiger charge is -2.24. The van der Waals surface area contributed by atoms with E-state index in [4.69, 9.17) is 6.42 Å². The Bertz CT molecular complexity index is 496. The molecule has 0 amide bonds. The maximum atomic E-state index is 5.41. The van der Waals surface area contributed by atoms with Crippen LogP contribution in [0.25, 0.3) is 5.57 Å². The number of pyridine rings is 1. The van der Waals surface area contributed by atoms with E-state index in [1.165, 1.54) is 24.0 Å². The number of aromatic nitrogens is 1. The molecule has 3 rings (SSSR count). The third-order valence-corrected chi connectivity index (χ3v) is 3.84. The number of nitrogens with zero attached hydrogens (tertiary/aromatic N) is 1. The topological polar surface area (TPSA) is 24.9 Å². The summed E-state index contributed by atoms with van der Waals surface area (Å²) in [6.45, 7) is 1.15. The van der Waals surface area contributed by atoms with Crippen molar-refractivity contribution in [3.8, 4) is 12.3 Å². The van der Waals surface area contributed by atoms with Crippen LogP contribution in [0.4, 0.5) is 0 Å². The van der Waals surface area contributed by atoms with E-state index in [0.29, 0.717) is 6.04 Å². The number of hydrogen-bond acceptors (Lipinski definition) is 2. The third-order valence-electron chi connectivity index (χ3n) is 3.84. The highest BCUT2D eigenvalue weighted by molar-refractivity contribution is 5.67. The Labute approximate surface area is 102 Å². The molecular weight excluding hydrogens is 208 g/mol. The predicted octanol–water partition coefficient (Wildman–Crippen LogP) is 2.22. The molecular formula is C15H16N2. The van der Waals surface area contributed by atoms with E-state index < -0.39 is 0 Å². The number of allylic oxidation sites excluding steroid dienone is 1. The zero-order valence-corrected chi connectivity index (χ0v) is 9.82. The zero-order chi connectivity index (χ0) is 11.7. The van der Waals surface area contributed by atoms with Crippen LogP contribution < -0.4 is 5.32 Å². The van der Waals surface area contributed by atoms with Gasteiger partial charge in [-0.1, -0.05) is 12.0 Å². The van der Waals surface area contributed by atoms with Gasteiger partial charge >= 0.3 is 0 Å². The Morgan fingerprint density at radius 1 is 1.35 bits per heavy atom. The molecule has 1 fully saturated rings. The van der Waals surface area contributed by atoms with E-state index in [-0.39, 0.29) is 0 Å². The van der Waals surface area contributed by atoms with E-state index >= 15 is 0 Å². The molecule has 0 unspecified atom stereocenters. The summed E-state index contributed by atoms with van der Waals surface area (Å²) in [4.78, 5) is 4.21. The summed E-state index contributed by atoms with van der Waals surface area (Å²) in [5, 5.41) is 3.55. The summed E-state index contributed by atoms with van der Waals surface area (Å²) in [5.74, 6) is 3.48. The Morgan fingerprint density at radius 3 is 3.18 bits per heavy atom. The van der Waals surface area contributed by atoms with Gasteiger partial charge in [0.05, 0.1) is 0 Å². The van der Waals surface area contributed by atoms with Gasteiger partial charge in [0, 0.05) is 24.0 Å². The molecule has 2 nitrogen and oxygen atoms in total. The van der Waals surface area contributed by atoms with Crippen molar-refractivity contribution < 1.29 is 0 Å². The van der Waals surface area contributed by atoms with Crippen LogP contribution in [0.3, 0.4) is 0 Å². The minimum absolute atomic E-state index is 0.563. The molecule has 1 aliphatic heterocycles. The number of hydrogen-bond donors (Lipinski definition) is 1. The first-order valence-corrected chi connectivity index (χ1v) is 6.23. The van der Waals surface area contributed by atoms with Crippen molar-refractivity contribution in [1.82, 2.24) is 10.3 Å². The van der Waals surface area contributed by atoms with Crippen LogP contribution in [0.15, 0.2) is 24.5 Å². The number of terminal acetylenes is 1. The van der Waals surface area contributed by atoms with E-state index in [2.05, 4.69) is 28.4 Å². The minimum Gasteiger partial charge on any atom is -0.310 e.